The van der Waals surface area contributed by atoms with Gasteiger partial charge >= 0.3 is 0 Å². The third kappa shape index (κ3) is 4.23. The standard InChI is InChI=1S/C21H24N8O2.ClH/c1-27-18-9-17(15-10-22-11-15)25-29(18)8-7-16(21(27)31)24-20(30)19-23-13-28(26-19)12-14-5-3-2-4-6-14;/h2-6,9,13,15-16,22H,7-8,10-12H2,1H3,(H,24,30);1H/t16-;/m0./s1. The van der Waals surface area contributed by atoms with Gasteiger partial charge < -0.3 is 10.6 Å². The topological polar surface area (TPSA) is 110 Å². The molecule has 0 spiro atoms. The normalized spacial score (nSPS) is 18.3. The van der Waals surface area contributed by atoms with Gasteiger partial charge in [-0.25, -0.2) is 14.3 Å². The number of aryl methyl sites for hydroxylation is 1. The highest BCUT2D eigenvalue weighted by Gasteiger charge is 2.33. The molecular weight excluding hydrogens is 432 g/mol. The summed E-state index contributed by atoms with van der Waals surface area (Å²) >= 11 is 0. The Morgan fingerprint density at radius 2 is 2.00 bits per heavy atom. The van der Waals surface area contributed by atoms with Crippen LogP contribution in [-0.2, 0) is 17.9 Å². The van der Waals surface area contributed by atoms with E-state index in [4.69, 9.17) is 0 Å². The zero-order valence-corrected chi connectivity index (χ0v) is 18.5. The predicted octanol–water partition coefficient (Wildman–Crippen LogP) is 0.797. The van der Waals surface area contributed by atoms with Gasteiger partial charge in [0.2, 0.25) is 5.82 Å². The third-order valence-corrected chi connectivity index (χ3v) is 5.81. The van der Waals surface area contributed by atoms with Crippen LogP contribution in [0.1, 0.15) is 34.2 Å². The van der Waals surface area contributed by atoms with Crippen LogP contribution in [0.5, 0.6) is 0 Å². The van der Waals surface area contributed by atoms with Gasteiger partial charge in [-0.1, -0.05) is 30.3 Å². The molecule has 5 rings (SSSR count). The molecule has 0 unspecified atom stereocenters. The van der Waals surface area contributed by atoms with Crippen LogP contribution < -0.4 is 15.5 Å². The number of hydrogen-bond donors (Lipinski definition) is 2. The number of halogens is 1. The number of hydrogen-bond acceptors (Lipinski definition) is 6. The molecule has 1 atom stereocenters. The second-order valence-corrected chi connectivity index (χ2v) is 7.97. The Morgan fingerprint density at radius 3 is 2.72 bits per heavy atom. The van der Waals surface area contributed by atoms with Gasteiger partial charge in [0.05, 0.1) is 12.2 Å². The second kappa shape index (κ2) is 9.09. The van der Waals surface area contributed by atoms with Crippen molar-refractivity contribution in [2.75, 3.05) is 25.0 Å². The van der Waals surface area contributed by atoms with Crippen LogP contribution in [0.15, 0.2) is 42.7 Å². The maximum absolute atomic E-state index is 13.0. The Morgan fingerprint density at radius 1 is 1.22 bits per heavy atom. The molecule has 2 aliphatic rings. The minimum absolute atomic E-state index is 0. The number of rotatable bonds is 5. The lowest BCUT2D eigenvalue weighted by Crippen LogP contribution is -2.47. The summed E-state index contributed by atoms with van der Waals surface area (Å²) in [6.07, 6.45) is 1.98. The van der Waals surface area contributed by atoms with Crippen molar-refractivity contribution in [2.45, 2.75) is 31.5 Å². The minimum atomic E-state index is -0.658. The molecule has 10 nitrogen and oxygen atoms in total. The molecular formula is C21H25ClN8O2. The van der Waals surface area contributed by atoms with E-state index in [1.807, 2.05) is 41.1 Å². The Labute approximate surface area is 191 Å². The number of likely N-dealkylation sites (N-methyl/N-ethyl adjacent to an activating group) is 1. The fourth-order valence-corrected chi connectivity index (χ4v) is 3.88. The molecule has 0 saturated carbocycles. The van der Waals surface area contributed by atoms with Crippen molar-refractivity contribution in [2.24, 2.45) is 0 Å². The SMILES string of the molecule is CN1C(=O)[C@@H](NC(=O)c2ncn(Cc3ccccc3)n2)CCn2nc(C3CNC3)cc21.Cl. The van der Waals surface area contributed by atoms with E-state index in [2.05, 4.69) is 25.8 Å². The van der Waals surface area contributed by atoms with E-state index in [1.165, 1.54) is 6.33 Å². The number of carbonyl (C=O) groups is 2. The van der Waals surface area contributed by atoms with Gasteiger partial charge in [-0.2, -0.15) is 5.10 Å². The maximum Gasteiger partial charge on any atom is 0.291 e. The van der Waals surface area contributed by atoms with Crippen molar-refractivity contribution in [1.82, 2.24) is 35.2 Å². The van der Waals surface area contributed by atoms with Gasteiger partial charge in [0.1, 0.15) is 18.2 Å². The average molecular weight is 457 g/mol. The molecule has 4 heterocycles. The van der Waals surface area contributed by atoms with E-state index in [9.17, 15) is 9.59 Å². The van der Waals surface area contributed by atoms with Gasteiger partial charge in [0, 0.05) is 38.7 Å². The van der Waals surface area contributed by atoms with Crippen LogP contribution >= 0.6 is 12.4 Å². The predicted molar refractivity (Wildman–Crippen MR) is 120 cm³/mol. The number of benzene rings is 1. The number of amides is 2. The zero-order chi connectivity index (χ0) is 21.4. The summed E-state index contributed by atoms with van der Waals surface area (Å²) in [6.45, 7) is 2.89. The molecule has 32 heavy (non-hydrogen) atoms. The molecule has 2 N–H and O–H groups in total. The van der Waals surface area contributed by atoms with Crippen LogP contribution in [0.2, 0.25) is 0 Å². The Hall–Kier alpha value is -3.24. The second-order valence-electron chi connectivity index (χ2n) is 7.97. The quantitative estimate of drug-likeness (QED) is 0.587. The van der Waals surface area contributed by atoms with E-state index in [0.29, 0.717) is 25.4 Å². The number of anilines is 1. The van der Waals surface area contributed by atoms with Crippen molar-refractivity contribution >= 4 is 30.0 Å². The molecule has 1 fully saturated rings. The van der Waals surface area contributed by atoms with Crippen LogP contribution in [0.25, 0.3) is 0 Å². The van der Waals surface area contributed by atoms with Gasteiger partial charge in [-0.05, 0) is 12.0 Å². The summed E-state index contributed by atoms with van der Waals surface area (Å²) in [4.78, 5) is 31.4. The van der Waals surface area contributed by atoms with Gasteiger partial charge in [-0.15, -0.1) is 17.5 Å². The highest BCUT2D eigenvalue weighted by atomic mass is 35.5. The Bertz CT molecular complexity index is 1110. The monoisotopic (exact) mass is 456 g/mol. The van der Waals surface area contributed by atoms with E-state index in [-0.39, 0.29) is 24.1 Å². The highest BCUT2D eigenvalue weighted by molar-refractivity contribution is 6.00. The number of nitrogens with zero attached hydrogens (tertiary/aromatic N) is 6. The van der Waals surface area contributed by atoms with E-state index in [1.54, 1.807) is 16.6 Å². The lowest BCUT2D eigenvalue weighted by atomic mass is 10.00. The molecule has 0 bridgehead atoms. The third-order valence-electron chi connectivity index (χ3n) is 5.81. The Balaban J connectivity index is 0.00000245. The molecule has 3 aromatic rings. The summed E-state index contributed by atoms with van der Waals surface area (Å²) in [6, 6.07) is 11.1. The smallest absolute Gasteiger partial charge is 0.291 e. The van der Waals surface area contributed by atoms with Crippen LogP contribution in [0.4, 0.5) is 5.82 Å². The average Bonchev–Trinajstić information content (AvgIpc) is 3.34. The Kier molecular flexibility index (Phi) is 6.24. The lowest BCUT2D eigenvalue weighted by Gasteiger charge is -2.25. The summed E-state index contributed by atoms with van der Waals surface area (Å²) in [5, 5.41) is 15.0. The number of carbonyl (C=O) groups excluding carboxylic acids is 2. The van der Waals surface area contributed by atoms with Gasteiger partial charge in [0.15, 0.2) is 0 Å². The number of fused-ring (bicyclic) bond motifs is 1. The van der Waals surface area contributed by atoms with Crippen molar-refractivity contribution in [3.05, 3.63) is 59.8 Å². The summed E-state index contributed by atoms with van der Waals surface area (Å²) in [5.41, 5.74) is 2.07. The molecule has 2 amide bonds. The number of aromatic nitrogens is 5. The van der Waals surface area contributed by atoms with E-state index >= 15 is 0 Å². The molecule has 168 valence electrons. The fraction of sp³-hybridized carbons (Fsp3) is 0.381. The van der Waals surface area contributed by atoms with Crippen molar-refractivity contribution in [3.63, 3.8) is 0 Å². The van der Waals surface area contributed by atoms with Gasteiger partial charge in [-0.3, -0.25) is 14.5 Å². The largest absolute Gasteiger partial charge is 0.337 e. The van der Waals surface area contributed by atoms with Crippen molar-refractivity contribution < 1.29 is 9.59 Å². The molecule has 0 radical (unpaired) electrons. The van der Waals surface area contributed by atoms with Crippen LogP contribution in [0, 0.1) is 0 Å². The lowest BCUT2D eigenvalue weighted by molar-refractivity contribution is -0.120. The maximum atomic E-state index is 13.0. The first kappa shape index (κ1) is 22.0. The highest BCUT2D eigenvalue weighted by Crippen LogP contribution is 2.26. The molecule has 0 aliphatic carbocycles. The first-order valence-electron chi connectivity index (χ1n) is 10.4. The molecule has 2 aromatic heterocycles. The fourth-order valence-electron chi connectivity index (χ4n) is 3.88. The number of nitrogens with one attached hydrogen (secondary N) is 2. The van der Waals surface area contributed by atoms with E-state index in [0.717, 1.165) is 30.2 Å². The van der Waals surface area contributed by atoms with Crippen molar-refractivity contribution in [1.29, 1.82) is 0 Å². The van der Waals surface area contributed by atoms with E-state index < -0.39 is 11.9 Å². The summed E-state index contributed by atoms with van der Waals surface area (Å²) in [5.74, 6) is 0.575. The minimum Gasteiger partial charge on any atom is -0.337 e. The summed E-state index contributed by atoms with van der Waals surface area (Å²) < 4.78 is 3.46. The van der Waals surface area contributed by atoms with Crippen LogP contribution in [0.3, 0.4) is 0 Å². The molecule has 1 aromatic carbocycles. The molecule has 1 saturated heterocycles. The summed E-state index contributed by atoms with van der Waals surface area (Å²) in [7, 11) is 1.72. The molecule has 2 aliphatic heterocycles. The first-order chi connectivity index (χ1) is 15.1. The molecule has 11 heteroatoms. The van der Waals surface area contributed by atoms with Crippen molar-refractivity contribution in [3.8, 4) is 0 Å². The van der Waals surface area contributed by atoms with Crippen LogP contribution in [-0.4, -0.2) is 62.5 Å². The zero-order valence-electron chi connectivity index (χ0n) is 17.6. The first-order valence-corrected chi connectivity index (χ1v) is 10.4. The van der Waals surface area contributed by atoms with Gasteiger partial charge in [0.25, 0.3) is 11.8 Å².